The number of hydrogen-bond donors (Lipinski definition) is 1. The van der Waals surface area contributed by atoms with Crippen LogP contribution < -0.4 is 4.90 Å². The molecule has 0 bridgehead atoms. The number of aliphatic hydroxyl groups excluding tert-OH is 1. The third kappa shape index (κ3) is 4.56. The van der Waals surface area contributed by atoms with E-state index in [0.29, 0.717) is 18.2 Å². The quantitative estimate of drug-likeness (QED) is 0.578. The Morgan fingerprint density at radius 1 is 1.28 bits per heavy atom. The molecule has 2 aliphatic heterocycles. The Morgan fingerprint density at radius 2 is 2.00 bits per heavy atom. The third-order valence-electron chi connectivity index (χ3n) is 6.41. The van der Waals surface area contributed by atoms with E-state index in [9.17, 15) is 13.5 Å². The molecule has 158 valence electrons. The molecule has 0 spiro atoms. The first-order chi connectivity index (χ1) is 13.8. The van der Waals surface area contributed by atoms with Gasteiger partial charge in [0, 0.05) is 51.0 Å². The minimum absolute atomic E-state index is 0.0283. The van der Waals surface area contributed by atoms with Crippen molar-refractivity contribution in [3.63, 3.8) is 0 Å². The maximum atomic E-state index is 12.4. The first-order valence-electron chi connectivity index (χ1n) is 10.3. The maximum absolute atomic E-state index is 12.4. The van der Waals surface area contributed by atoms with E-state index in [0.717, 1.165) is 56.4 Å². The van der Waals surface area contributed by atoms with Gasteiger partial charge in [0.1, 0.15) is 5.15 Å². The number of aromatic nitrogens is 1. The summed E-state index contributed by atoms with van der Waals surface area (Å²) < 4.78 is 26.5. The molecule has 1 atom stereocenters. The van der Waals surface area contributed by atoms with E-state index in [4.69, 9.17) is 11.6 Å². The zero-order chi connectivity index (χ0) is 20.6. The van der Waals surface area contributed by atoms with Crippen molar-refractivity contribution in [2.75, 3.05) is 37.7 Å². The Labute approximate surface area is 178 Å². The third-order valence-corrected chi connectivity index (χ3v) is 8.98. The summed E-state index contributed by atoms with van der Waals surface area (Å²) in [5, 5.41) is 9.88. The molecule has 0 amide bonds. The number of piperidine rings is 1. The van der Waals surface area contributed by atoms with Crippen molar-refractivity contribution in [1.29, 1.82) is 0 Å². The first kappa shape index (κ1) is 20.9. The molecule has 0 radical (unpaired) electrons. The van der Waals surface area contributed by atoms with Crippen LogP contribution in [0, 0.1) is 23.2 Å². The molecule has 1 aromatic rings. The number of anilines is 1. The van der Waals surface area contributed by atoms with Crippen LogP contribution in [0.15, 0.2) is 12.3 Å². The van der Waals surface area contributed by atoms with Crippen LogP contribution in [0.2, 0.25) is 5.15 Å². The molecular formula is C21H28ClN3O3S. The number of nitrogens with zero attached hydrogens (tertiary/aromatic N) is 3. The van der Waals surface area contributed by atoms with E-state index in [1.807, 2.05) is 6.07 Å². The van der Waals surface area contributed by atoms with Crippen molar-refractivity contribution in [1.82, 2.24) is 9.29 Å². The fraction of sp³-hybridized carbons (Fsp3) is 0.667. The molecule has 1 saturated carbocycles. The summed E-state index contributed by atoms with van der Waals surface area (Å²) in [7, 11) is -3.12. The fourth-order valence-corrected chi connectivity index (χ4v) is 6.11. The molecule has 3 heterocycles. The van der Waals surface area contributed by atoms with Crippen LogP contribution in [0.5, 0.6) is 0 Å². The Bertz CT molecular complexity index is 928. The summed E-state index contributed by atoms with van der Waals surface area (Å²) in [4.78, 5) is 6.46. The lowest BCUT2D eigenvalue weighted by molar-refractivity contribution is 0.115. The second kappa shape index (κ2) is 8.07. The maximum Gasteiger partial charge on any atom is 0.217 e. The van der Waals surface area contributed by atoms with Crippen molar-refractivity contribution in [2.45, 2.75) is 44.3 Å². The van der Waals surface area contributed by atoms with Gasteiger partial charge in [-0.15, -0.1) is 0 Å². The molecule has 29 heavy (non-hydrogen) atoms. The van der Waals surface area contributed by atoms with Crippen LogP contribution in [0.3, 0.4) is 0 Å². The highest BCUT2D eigenvalue weighted by atomic mass is 35.5. The van der Waals surface area contributed by atoms with Gasteiger partial charge >= 0.3 is 0 Å². The van der Waals surface area contributed by atoms with E-state index >= 15 is 0 Å². The highest BCUT2D eigenvalue weighted by Gasteiger charge is 2.42. The van der Waals surface area contributed by atoms with Crippen LogP contribution in [0.25, 0.3) is 0 Å². The summed E-state index contributed by atoms with van der Waals surface area (Å²) in [5.74, 6) is 6.57. The molecular weight excluding hydrogens is 410 g/mol. The van der Waals surface area contributed by atoms with Crippen molar-refractivity contribution in [2.24, 2.45) is 11.3 Å². The van der Waals surface area contributed by atoms with Crippen LogP contribution in [0.4, 0.5) is 5.69 Å². The number of pyridine rings is 1. The molecule has 3 aliphatic rings. The zero-order valence-corrected chi connectivity index (χ0v) is 18.3. The monoisotopic (exact) mass is 437 g/mol. The summed E-state index contributed by atoms with van der Waals surface area (Å²) in [5.41, 5.74) is 1.77. The number of sulfonamides is 1. The van der Waals surface area contributed by atoms with Crippen LogP contribution >= 0.6 is 11.6 Å². The first-order valence-corrected chi connectivity index (χ1v) is 12.2. The van der Waals surface area contributed by atoms with Gasteiger partial charge in [-0.3, -0.25) is 0 Å². The molecule has 3 fully saturated rings. The molecule has 8 heteroatoms. The Balaban J connectivity index is 1.48. The van der Waals surface area contributed by atoms with Crippen molar-refractivity contribution in [3.8, 4) is 11.8 Å². The second-order valence-corrected chi connectivity index (χ2v) is 11.4. The van der Waals surface area contributed by atoms with Gasteiger partial charge in [-0.1, -0.05) is 30.4 Å². The average Bonchev–Trinajstić information content (AvgIpc) is 3.47. The minimum Gasteiger partial charge on any atom is -0.396 e. The van der Waals surface area contributed by atoms with Crippen LogP contribution in [0.1, 0.15) is 44.6 Å². The lowest BCUT2D eigenvalue weighted by Crippen LogP contribution is -2.40. The summed E-state index contributed by atoms with van der Waals surface area (Å²) in [6.07, 6.45) is 5.88. The van der Waals surface area contributed by atoms with Crippen LogP contribution in [-0.2, 0) is 10.0 Å². The van der Waals surface area contributed by atoms with E-state index in [1.54, 1.807) is 10.5 Å². The molecule has 1 unspecified atom stereocenters. The number of aliphatic hydroxyl groups is 1. The number of rotatable bonds is 4. The Hall–Kier alpha value is -1.33. The molecule has 1 aliphatic carbocycles. The van der Waals surface area contributed by atoms with E-state index in [2.05, 4.69) is 28.6 Å². The summed E-state index contributed by atoms with van der Waals surface area (Å²) in [6.45, 7) is 5.04. The normalized spacial score (nSPS) is 24.9. The fourth-order valence-electron chi connectivity index (χ4n) is 4.06. The van der Waals surface area contributed by atoms with E-state index in [-0.39, 0.29) is 23.2 Å². The standard InChI is InChI=1S/C21H28ClN3O3S/c1-21(15-26)7-10-24(11-8-21)19-12-20(22)23-13-17(19)3-2-16-6-9-25(14-16)29(27,28)18-4-5-18/h12-13,16,18,26H,4-11,14-15H2,1H3. The number of hydrogen-bond acceptors (Lipinski definition) is 5. The van der Waals surface area contributed by atoms with Crippen LogP contribution in [-0.4, -0.2) is 60.8 Å². The van der Waals surface area contributed by atoms with Gasteiger partial charge in [-0.25, -0.2) is 17.7 Å². The SMILES string of the molecule is CC1(CO)CCN(c2cc(Cl)ncc2C#CC2CCN(S(=O)(=O)C3CC3)C2)CC1. The van der Waals surface area contributed by atoms with Crippen molar-refractivity contribution < 1.29 is 13.5 Å². The number of halogens is 1. The molecule has 1 aromatic heterocycles. The van der Waals surface area contributed by atoms with Gasteiger partial charge in [0.2, 0.25) is 10.0 Å². The topological polar surface area (TPSA) is 73.7 Å². The summed E-state index contributed by atoms with van der Waals surface area (Å²) in [6, 6.07) is 1.85. The molecule has 1 N–H and O–H groups in total. The van der Waals surface area contributed by atoms with Gasteiger partial charge < -0.3 is 10.0 Å². The predicted octanol–water partition coefficient (Wildman–Crippen LogP) is 2.50. The molecule has 2 saturated heterocycles. The van der Waals surface area contributed by atoms with Crippen molar-refractivity contribution in [3.05, 3.63) is 23.0 Å². The lowest BCUT2D eigenvalue weighted by Gasteiger charge is -2.39. The Kier molecular flexibility index (Phi) is 5.82. The van der Waals surface area contributed by atoms with E-state index in [1.165, 1.54) is 0 Å². The molecule has 4 rings (SSSR count). The van der Waals surface area contributed by atoms with Gasteiger partial charge in [0.25, 0.3) is 0 Å². The highest BCUT2D eigenvalue weighted by Crippen LogP contribution is 2.35. The minimum atomic E-state index is -3.12. The molecule has 0 aromatic carbocycles. The predicted molar refractivity (Wildman–Crippen MR) is 114 cm³/mol. The highest BCUT2D eigenvalue weighted by molar-refractivity contribution is 7.90. The average molecular weight is 438 g/mol. The van der Waals surface area contributed by atoms with Gasteiger partial charge in [0.05, 0.1) is 16.5 Å². The second-order valence-electron chi connectivity index (χ2n) is 8.84. The van der Waals surface area contributed by atoms with E-state index < -0.39 is 10.0 Å². The van der Waals surface area contributed by atoms with Gasteiger partial charge in [0.15, 0.2) is 0 Å². The largest absolute Gasteiger partial charge is 0.396 e. The lowest BCUT2D eigenvalue weighted by atomic mass is 9.81. The summed E-state index contributed by atoms with van der Waals surface area (Å²) >= 11 is 6.15. The van der Waals surface area contributed by atoms with Crippen molar-refractivity contribution >= 4 is 27.3 Å². The molecule has 6 nitrogen and oxygen atoms in total. The smallest absolute Gasteiger partial charge is 0.217 e. The zero-order valence-electron chi connectivity index (χ0n) is 16.8. The Morgan fingerprint density at radius 3 is 2.66 bits per heavy atom. The van der Waals surface area contributed by atoms with Gasteiger partial charge in [-0.2, -0.15) is 0 Å². The van der Waals surface area contributed by atoms with Gasteiger partial charge in [-0.05, 0) is 37.5 Å².